The van der Waals surface area contributed by atoms with Crippen LogP contribution in [0.15, 0.2) is 24.7 Å². The van der Waals surface area contributed by atoms with Crippen molar-refractivity contribution >= 4 is 17.4 Å². The average molecular weight is 267 g/mol. The Hall–Kier alpha value is -1.92. The maximum atomic E-state index is 10.2. The van der Waals surface area contributed by atoms with Crippen molar-refractivity contribution in [2.45, 2.75) is 6.10 Å². The summed E-state index contributed by atoms with van der Waals surface area (Å²) in [5.41, 5.74) is 6.44. The molecule has 0 spiro atoms. The SMILES string of the molecule is COc1cc(C(O)c2cc(Cl)cnc2N)ncn1. The Labute approximate surface area is 108 Å². The Morgan fingerprint density at radius 3 is 2.83 bits per heavy atom. The maximum absolute atomic E-state index is 10.2. The number of anilines is 1. The van der Waals surface area contributed by atoms with Crippen LogP contribution in [0, 0.1) is 0 Å². The molecule has 18 heavy (non-hydrogen) atoms. The van der Waals surface area contributed by atoms with Crippen LogP contribution >= 0.6 is 11.6 Å². The number of aliphatic hydroxyl groups excluding tert-OH is 1. The summed E-state index contributed by atoms with van der Waals surface area (Å²) < 4.78 is 4.96. The molecule has 0 aromatic carbocycles. The van der Waals surface area contributed by atoms with Crippen molar-refractivity contribution in [3.63, 3.8) is 0 Å². The number of rotatable bonds is 3. The normalized spacial score (nSPS) is 12.2. The van der Waals surface area contributed by atoms with Gasteiger partial charge in [0.15, 0.2) is 0 Å². The highest BCUT2D eigenvalue weighted by Crippen LogP contribution is 2.27. The van der Waals surface area contributed by atoms with Gasteiger partial charge < -0.3 is 15.6 Å². The van der Waals surface area contributed by atoms with E-state index in [0.717, 1.165) is 0 Å². The number of nitrogen functional groups attached to an aromatic ring is 1. The Bertz CT molecular complexity index is 564. The van der Waals surface area contributed by atoms with Crippen molar-refractivity contribution in [1.82, 2.24) is 15.0 Å². The lowest BCUT2D eigenvalue weighted by atomic mass is 10.1. The van der Waals surface area contributed by atoms with Gasteiger partial charge in [-0.05, 0) is 6.07 Å². The summed E-state index contributed by atoms with van der Waals surface area (Å²) in [6.07, 6.45) is 1.67. The molecular formula is C11H11ClN4O2. The van der Waals surface area contributed by atoms with Crippen LogP contribution in [-0.2, 0) is 0 Å². The summed E-state index contributed by atoms with van der Waals surface area (Å²) in [7, 11) is 1.48. The summed E-state index contributed by atoms with van der Waals surface area (Å²) >= 11 is 5.82. The van der Waals surface area contributed by atoms with E-state index in [4.69, 9.17) is 22.1 Å². The van der Waals surface area contributed by atoms with Crippen molar-refractivity contribution < 1.29 is 9.84 Å². The second-order valence-corrected chi connectivity index (χ2v) is 3.95. The van der Waals surface area contributed by atoms with E-state index >= 15 is 0 Å². The molecule has 1 unspecified atom stereocenters. The molecule has 2 aromatic heterocycles. The number of methoxy groups -OCH3 is 1. The van der Waals surface area contributed by atoms with Crippen LogP contribution in [0.4, 0.5) is 5.82 Å². The predicted octanol–water partition coefficient (Wildman–Crippen LogP) is 1.20. The monoisotopic (exact) mass is 266 g/mol. The second-order valence-electron chi connectivity index (χ2n) is 3.52. The zero-order valence-corrected chi connectivity index (χ0v) is 10.3. The number of ether oxygens (including phenoxy) is 1. The highest BCUT2D eigenvalue weighted by molar-refractivity contribution is 6.30. The first kappa shape index (κ1) is 12.5. The number of hydrogen-bond donors (Lipinski definition) is 2. The van der Waals surface area contributed by atoms with Crippen LogP contribution in [0.25, 0.3) is 0 Å². The van der Waals surface area contributed by atoms with E-state index < -0.39 is 6.10 Å². The number of hydrogen-bond acceptors (Lipinski definition) is 6. The molecule has 0 radical (unpaired) electrons. The van der Waals surface area contributed by atoms with Gasteiger partial charge in [-0.25, -0.2) is 15.0 Å². The third-order valence-electron chi connectivity index (χ3n) is 2.36. The van der Waals surface area contributed by atoms with Crippen molar-refractivity contribution in [2.75, 3.05) is 12.8 Å². The molecular weight excluding hydrogens is 256 g/mol. The molecule has 6 nitrogen and oxygen atoms in total. The molecule has 7 heteroatoms. The highest BCUT2D eigenvalue weighted by Gasteiger charge is 2.17. The lowest BCUT2D eigenvalue weighted by Crippen LogP contribution is -2.07. The average Bonchev–Trinajstić information content (AvgIpc) is 2.41. The maximum Gasteiger partial charge on any atom is 0.216 e. The molecule has 0 fully saturated rings. The number of halogens is 1. The molecule has 1 atom stereocenters. The molecule has 2 heterocycles. The van der Waals surface area contributed by atoms with E-state index in [1.807, 2.05) is 0 Å². The lowest BCUT2D eigenvalue weighted by Gasteiger charge is -2.12. The van der Waals surface area contributed by atoms with Crippen molar-refractivity contribution in [3.8, 4) is 5.88 Å². The van der Waals surface area contributed by atoms with Gasteiger partial charge >= 0.3 is 0 Å². The Morgan fingerprint density at radius 1 is 1.33 bits per heavy atom. The van der Waals surface area contributed by atoms with E-state index in [1.165, 1.54) is 25.7 Å². The third-order valence-corrected chi connectivity index (χ3v) is 2.57. The molecule has 94 valence electrons. The molecule has 0 aliphatic carbocycles. The zero-order valence-electron chi connectivity index (χ0n) is 9.54. The van der Waals surface area contributed by atoms with Crippen molar-refractivity contribution in [2.24, 2.45) is 0 Å². The highest BCUT2D eigenvalue weighted by atomic mass is 35.5. The first-order valence-electron chi connectivity index (χ1n) is 5.06. The van der Waals surface area contributed by atoms with E-state index in [0.29, 0.717) is 22.2 Å². The van der Waals surface area contributed by atoms with Gasteiger partial charge in [0.1, 0.15) is 18.2 Å². The van der Waals surface area contributed by atoms with E-state index in [1.54, 1.807) is 6.07 Å². The number of pyridine rings is 1. The van der Waals surface area contributed by atoms with Gasteiger partial charge in [-0.3, -0.25) is 0 Å². The standard InChI is InChI=1S/C11H11ClN4O2/c1-18-9-3-8(15-5-16-9)10(17)7-2-6(12)4-14-11(7)13/h2-5,10,17H,1H3,(H2,13,14). The smallest absolute Gasteiger partial charge is 0.216 e. The number of nitrogens with two attached hydrogens (primary N) is 1. The first-order chi connectivity index (χ1) is 8.61. The largest absolute Gasteiger partial charge is 0.481 e. The second kappa shape index (κ2) is 5.16. The zero-order chi connectivity index (χ0) is 13.1. The minimum absolute atomic E-state index is 0.199. The molecule has 0 bridgehead atoms. The minimum atomic E-state index is -1.03. The molecule has 3 N–H and O–H groups in total. The fraction of sp³-hybridized carbons (Fsp3) is 0.182. The number of aliphatic hydroxyl groups is 1. The summed E-state index contributed by atoms with van der Waals surface area (Å²) in [5, 5.41) is 10.6. The van der Waals surface area contributed by atoms with Crippen molar-refractivity contribution in [3.05, 3.63) is 40.9 Å². The first-order valence-corrected chi connectivity index (χ1v) is 5.44. The van der Waals surface area contributed by atoms with Crippen LogP contribution in [0.5, 0.6) is 5.88 Å². The van der Waals surface area contributed by atoms with Crippen LogP contribution in [0.2, 0.25) is 5.02 Å². The van der Waals surface area contributed by atoms with Gasteiger partial charge in [0.2, 0.25) is 5.88 Å². The van der Waals surface area contributed by atoms with E-state index in [-0.39, 0.29) is 5.82 Å². The predicted molar refractivity (Wildman–Crippen MR) is 66.3 cm³/mol. The molecule has 0 aliphatic rings. The van der Waals surface area contributed by atoms with Crippen LogP contribution in [0.1, 0.15) is 17.4 Å². The molecule has 0 aliphatic heterocycles. The molecule has 2 rings (SSSR count). The van der Waals surface area contributed by atoms with Gasteiger partial charge in [0, 0.05) is 17.8 Å². The summed E-state index contributed by atoms with van der Waals surface area (Å²) in [4.78, 5) is 11.7. The van der Waals surface area contributed by atoms with Crippen molar-refractivity contribution in [1.29, 1.82) is 0 Å². The van der Waals surface area contributed by atoms with Gasteiger partial charge in [0.25, 0.3) is 0 Å². The Kier molecular flexibility index (Phi) is 3.59. The van der Waals surface area contributed by atoms with Crippen LogP contribution < -0.4 is 10.5 Å². The quantitative estimate of drug-likeness (QED) is 0.867. The van der Waals surface area contributed by atoms with Gasteiger partial charge in [-0.2, -0.15) is 0 Å². The molecule has 2 aromatic rings. The Morgan fingerprint density at radius 2 is 2.11 bits per heavy atom. The van der Waals surface area contributed by atoms with Crippen LogP contribution in [-0.4, -0.2) is 27.2 Å². The summed E-state index contributed by atoms with van der Waals surface area (Å²) in [6, 6.07) is 3.06. The fourth-order valence-electron chi connectivity index (χ4n) is 1.46. The molecule has 0 saturated heterocycles. The third kappa shape index (κ3) is 2.49. The van der Waals surface area contributed by atoms with Gasteiger partial charge in [-0.15, -0.1) is 0 Å². The van der Waals surface area contributed by atoms with E-state index in [9.17, 15) is 5.11 Å². The van der Waals surface area contributed by atoms with Gasteiger partial charge in [0.05, 0.1) is 17.8 Å². The Balaban J connectivity index is 2.40. The van der Waals surface area contributed by atoms with E-state index in [2.05, 4.69) is 15.0 Å². The van der Waals surface area contributed by atoms with Crippen LogP contribution in [0.3, 0.4) is 0 Å². The lowest BCUT2D eigenvalue weighted by molar-refractivity contribution is 0.214. The summed E-state index contributed by atoms with van der Waals surface area (Å²) in [5.74, 6) is 0.553. The minimum Gasteiger partial charge on any atom is -0.481 e. The van der Waals surface area contributed by atoms with Gasteiger partial charge in [-0.1, -0.05) is 11.6 Å². The number of aromatic nitrogens is 3. The molecule has 0 saturated carbocycles. The fourth-order valence-corrected chi connectivity index (χ4v) is 1.62. The number of nitrogens with zero attached hydrogens (tertiary/aromatic N) is 3. The topological polar surface area (TPSA) is 94.2 Å². The summed E-state index contributed by atoms with van der Waals surface area (Å²) in [6.45, 7) is 0. The molecule has 0 amide bonds.